The van der Waals surface area contributed by atoms with Gasteiger partial charge in [-0.1, -0.05) is 6.07 Å². The zero-order valence-electron chi connectivity index (χ0n) is 8.56. The fourth-order valence-electron chi connectivity index (χ4n) is 1.43. The van der Waals surface area contributed by atoms with Crippen molar-refractivity contribution in [3.05, 3.63) is 30.8 Å². The first-order chi connectivity index (χ1) is 7.36. The van der Waals surface area contributed by atoms with Crippen LogP contribution in [-0.4, -0.2) is 19.2 Å². The maximum absolute atomic E-state index is 5.24. The summed E-state index contributed by atoms with van der Waals surface area (Å²) in [7, 11) is 3.21. The van der Waals surface area contributed by atoms with E-state index in [2.05, 4.69) is 4.98 Å². The number of aromatic nitrogens is 1. The molecule has 0 atom stereocenters. The smallest absolute Gasteiger partial charge is 0.181 e. The van der Waals surface area contributed by atoms with Crippen LogP contribution in [0.25, 0.3) is 11.3 Å². The van der Waals surface area contributed by atoms with Crippen molar-refractivity contribution in [1.29, 1.82) is 0 Å². The summed E-state index contributed by atoms with van der Waals surface area (Å²) in [5, 5.41) is 0. The van der Waals surface area contributed by atoms with E-state index < -0.39 is 0 Å². The fourth-order valence-corrected chi connectivity index (χ4v) is 1.43. The lowest BCUT2D eigenvalue weighted by Crippen LogP contribution is -1.91. The zero-order chi connectivity index (χ0) is 10.7. The van der Waals surface area contributed by atoms with E-state index in [-0.39, 0.29) is 0 Å². The van der Waals surface area contributed by atoms with Crippen LogP contribution in [0.3, 0.4) is 0 Å². The van der Waals surface area contributed by atoms with E-state index in [1.54, 1.807) is 20.4 Å². The molecule has 0 bridgehead atoms. The minimum Gasteiger partial charge on any atom is -0.496 e. The van der Waals surface area contributed by atoms with Gasteiger partial charge in [-0.15, -0.1) is 0 Å². The predicted octanol–water partition coefficient (Wildman–Crippen LogP) is 2.36. The molecule has 0 unspecified atom stereocenters. The highest BCUT2D eigenvalue weighted by atomic mass is 16.5. The largest absolute Gasteiger partial charge is 0.496 e. The molecule has 0 N–H and O–H groups in total. The van der Waals surface area contributed by atoms with Gasteiger partial charge in [0.25, 0.3) is 0 Å². The van der Waals surface area contributed by atoms with Crippen molar-refractivity contribution in [2.24, 2.45) is 0 Å². The Bertz CT molecular complexity index is 415. The zero-order valence-corrected chi connectivity index (χ0v) is 8.56. The van der Waals surface area contributed by atoms with Crippen LogP contribution in [0.15, 0.2) is 35.2 Å². The second-order valence-corrected chi connectivity index (χ2v) is 2.90. The minimum atomic E-state index is 0.629. The molecule has 0 saturated heterocycles. The molecule has 0 fully saturated rings. The summed E-state index contributed by atoms with van der Waals surface area (Å²) in [6, 6.07) is 5.55. The van der Waals surface area contributed by atoms with E-state index in [0.717, 1.165) is 5.56 Å². The summed E-state index contributed by atoms with van der Waals surface area (Å²) in [5.74, 6) is 2.03. The summed E-state index contributed by atoms with van der Waals surface area (Å²) >= 11 is 0. The Kier molecular flexibility index (Phi) is 2.58. The SMILES string of the molecule is COc1cccc(OC)c1-c1cnco1. The normalized spacial score (nSPS) is 10.0. The molecule has 0 saturated carbocycles. The topological polar surface area (TPSA) is 44.5 Å². The van der Waals surface area contributed by atoms with Crippen molar-refractivity contribution in [3.63, 3.8) is 0 Å². The van der Waals surface area contributed by atoms with Crippen LogP contribution in [0.1, 0.15) is 0 Å². The van der Waals surface area contributed by atoms with Crippen LogP contribution in [0.4, 0.5) is 0 Å². The molecule has 1 aromatic carbocycles. The van der Waals surface area contributed by atoms with E-state index >= 15 is 0 Å². The average molecular weight is 205 g/mol. The van der Waals surface area contributed by atoms with Gasteiger partial charge >= 0.3 is 0 Å². The number of hydrogen-bond donors (Lipinski definition) is 0. The van der Waals surface area contributed by atoms with Gasteiger partial charge in [0, 0.05) is 0 Å². The van der Waals surface area contributed by atoms with E-state index in [9.17, 15) is 0 Å². The number of hydrogen-bond acceptors (Lipinski definition) is 4. The van der Waals surface area contributed by atoms with Gasteiger partial charge in [-0.2, -0.15) is 0 Å². The molecule has 1 aromatic heterocycles. The molecule has 4 heteroatoms. The van der Waals surface area contributed by atoms with Crippen molar-refractivity contribution in [2.75, 3.05) is 14.2 Å². The highest BCUT2D eigenvalue weighted by Crippen LogP contribution is 2.37. The summed E-state index contributed by atoms with van der Waals surface area (Å²) in [4.78, 5) is 3.87. The van der Waals surface area contributed by atoms with Crippen LogP contribution >= 0.6 is 0 Å². The fraction of sp³-hybridized carbons (Fsp3) is 0.182. The Hall–Kier alpha value is -1.97. The van der Waals surface area contributed by atoms with Gasteiger partial charge in [0.05, 0.1) is 20.4 Å². The Morgan fingerprint density at radius 2 is 1.80 bits per heavy atom. The molecule has 2 aromatic rings. The Morgan fingerprint density at radius 3 is 2.27 bits per heavy atom. The monoisotopic (exact) mass is 205 g/mol. The van der Waals surface area contributed by atoms with Gasteiger partial charge < -0.3 is 13.9 Å². The van der Waals surface area contributed by atoms with Gasteiger partial charge in [0.15, 0.2) is 12.2 Å². The van der Waals surface area contributed by atoms with Crippen molar-refractivity contribution < 1.29 is 13.9 Å². The average Bonchev–Trinajstić information content (AvgIpc) is 2.81. The lowest BCUT2D eigenvalue weighted by atomic mass is 10.1. The highest BCUT2D eigenvalue weighted by molar-refractivity contribution is 5.72. The van der Waals surface area contributed by atoms with Crippen LogP contribution in [0.2, 0.25) is 0 Å². The first kappa shape index (κ1) is 9.58. The van der Waals surface area contributed by atoms with Gasteiger partial charge in [-0.3, -0.25) is 0 Å². The molecular weight excluding hydrogens is 194 g/mol. The van der Waals surface area contributed by atoms with Crippen LogP contribution in [-0.2, 0) is 0 Å². The second kappa shape index (κ2) is 4.04. The molecule has 0 radical (unpaired) electrons. The summed E-state index contributed by atoms with van der Waals surface area (Å²) in [6.07, 6.45) is 3.00. The molecule has 0 spiro atoms. The molecule has 0 aliphatic rings. The third-order valence-corrected chi connectivity index (χ3v) is 2.11. The molecule has 1 heterocycles. The number of benzene rings is 1. The molecule has 4 nitrogen and oxygen atoms in total. The molecule has 78 valence electrons. The van der Waals surface area contributed by atoms with E-state index in [4.69, 9.17) is 13.9 Å². The van der Waals surface area contributed by atoms with E-state index in [1.807, 2.05) is 18.2 Å². The quantitative estimate of drug-likeness (QED) is 0.771. The van der Waals surface area contributed by atoms with E-state index in [1.165, 1.54) is 6.39 Å². The van der Waals surface area contributed by atoms with Crippen LogP contribution < -0.4 is 9.47 Å². The third kappa shape index (κ3) is 1.66. The highest BCUT2D eigenvalue weighted by Gasteiger charge is 2.14. The lowest BCUT2D eigenvalue weighted by molar-refractivity contribution is 0.394. The third-order valence-electron chi connectivity index (χ3n) is 2.11. The summed E-state index contributed by atoms with van der Waals surface area (Å²) in [5.41, 5.74) is 0.778. The second-order valence-electron chi connectivity index (χ2n) is 2.90. The summed E-state index contributed by atoms with van der Waals surface area (Å²) < 4.78 is 15.7. The number of methoxy groups -OCH3 is 2. The molecule has 0 aliphatic heterocycles. The van der Waals surface area contributed by atoms with Gasteiger partial charge in [0.1, 0.15) is 17.1 Å². The van der Waals surface area contributed by atoms with Crippen LogP contribution in [0, 0.1) is 0 Å². The van der Waals surface area contributed by atoms with Gasteiger partial charge in [-0.25, -0.2) is 4.98 Å². The first-order valence-electron chi connectivity index (χ1n) is 4.46. The van der Waals surface area contributed by atoms with Gasteiger partial charge in [-0.05, 0) is 12.1 Å². The van der Waals surface area contributed by atoms with Gasteiger partial charge in [0.2, 0.25) is 0 Å². The van der Waals surface area contributed by atoms with Crippen molar-refractivity contribution in [3.8, 4) is 22.8 Å². The maximum Gasteiger partial charge on any atom is 0.181 e. The number of nitrogens with zero attached hydrogens (tertiary/aromatic N) is 1. The lowest BCUT2D eigenvalue weighted by Gasteiger charge is -2.09. The Labute approximate surface area is 87.5 Å². The molecule has 15 heavy (non-hydrogen) atoms. The molecular formula is C11H11NO3. The Balaban J connectivity index is 2.61. The van der Waals surface area contributed by atoms with Crippen LogP contribution in [0.5, 0.6) is 11.5 Å². The van der Waals surface area contributed by atoms with Crippen molar-refractivity contribution >= 4 is 0 Å². The number of oxazole rings is 1. The number of rotatable bonds is 3. The van der Waals surface area contributed by atoms with Crippen molar-refractivity contribution in [1.82, 2.24) is 4.98 Å². The Morgan fingerprint density at radius 1 is 1.13 bits per heavy atom. The molecule has 0 amide bonds. The van der Waals surface area contributed by atoms with E-state index in [0.29, 0.717) is 17.3 Å². The number of ether oxygens (including phenoxy) is 2. The standard InChI is InChI=1S/C11H11NO3/c1-13-8-4-3-5-9(14-2)11(8)10-6-12-7-15-10/h3-7H,1-2H3. The van der Waals surface area contributed by atoms with Crippen molar-refractivity contribution in [2.45, 2.75) is 0 Å². The first-order valence-corrected chi connectivity index (χ1v) is 4.46. The molecule has 2 rings (SSSR count). The minimum absolute atomic E-state index is 0.629. The predicted molar refractivity (Wildman–Crippen MR) is 55.0 cm³/mol. The maximum atomic E-state index is 5.24. The molecule has 0 aliphatic carbocycles. The summed E-state index contributed by atoms with van der Waals surface area (Å²) in [6.45, 7) is 0.